The van der Waals surface area contributed by atoms with Gasteiger partial charge in [-0.15, -0.1) is 0 Å². The Morgan fingerprint density at radius 1 is 1.04 bits per heavy atom. The summed E-state index contributed by atoms with van der Waals surface area (Å²) in [6.45, 7) is 0.988. The van der Waals surface area contributed by atoms with Crippen molar-refractivity contribution in [3.8, 4) is 16.9 Å². The van der Waals surface area contributed by atoms with Gasteiger partial charge in [-0.3, -0.25) is 24.3 Å². The van der Waals surface area contributed by atoms with Gasteiger partial charge in [-0.1, -0.05) is 12.1 Å². The van der Waals surface area contributed by atoms with Crippen LogP contribution in [-0.4, -0.2) is 25.9 Å². The van der Waals surface area contributed by atoms with Crippen molar-refractivity contribution in [3.63, 3.8) is 0 Å². The second kappa shape index (κ2) is 5.91. The van der Waals surface area contributed by atoms with Crippen molar-refractivity contribution in [1.29, 1.82) is 0 Å². The highest BCUT2D eigenvalue weighted by molar-refractivity contribution is 6.23. The summed E-state index contributed by atoms with van der Waals surface area (Å²) >= 11 is 0. The van der Waals surface area contributed by atoms with Crippen LogP contribution in [0.15, 0.2) is 41.3 Å². The molecule has 2 aliphatic heterocycles. The van der Waals surface area contributed by atoms with Crippen molar-refractivity contribution in [2.45, 2.75) is 25.8 Å². The Morgan fingerprint density at radius 2 is 1.82 bits per heavy atom. The van der Waals surface area contributed by atoms with Crippen LogP contribution in [0.1, 0.15) is 39.4 Å². The summed E-state index contributed by atoms with van der Waals surface area (Å²) in [5.41, 5.74) is 8.00. The van der Waals surface area contributed by atoms with Gasteiger partial charge in [0.1, 0.15) is 11.6 Å². The van der Waals surface area contributed by atoms with Crippen LogP contribution in [0.25, 0.3) is 16.9 Å². The van der Waals surface area contributed by atoms with Gasteiger partial charge in [-0.05, 0) is 25.0 Å². The molecule has 0 aliphatic carbocycles. The van der Waals surface area contributed by atoms with E-state index in [1.807, 2.05) is 12.1 Å². The average Bonchev–Trinajstić information content (AvgIpc) is 3.23. The number of hydrogen-bond donors (Lipinski definition) is 2. The van der Waals surface area contributed by atoms with Gasteiger partial charge >= 0.3 is 0 Å². The number of aryl methyl sites for hydroxylation is 2. The highest BCUT2D eigenvalue weighted by Gasteiger charge is 2.31. The van der Waals surface area contributed by atoms with Gasteiger partial charge in [0.25, 0.3) is 17.4 Å². The summed E-state index contributed by atoms with van der Waals surface area (Å²) in [5, 5.41) is 2.16. The Labute approximate surface area is 159 Å². The third-order valence-corrected chi connectivity index (χ3v) is 5.28. The fraction of sp³-hybridized carbons (Fsp3) is 0.200. The molecular weight excluding hydrogens is 358 g/mol. The lowest BCUT2D eigenvalue weighted by atomic mass is 10.1. The third-order valence-electron chi connectivity index (χ3n) is 5.28. The number of nitrogens with two attached hydrogens (primary N) is 1. The Balaban J connectivity index is 1.56. The summed E-state index contributed by atoms with van der Waals surface area (Å²) in [6, 6.07) is 8.39. The molecule has 140 valence electrons. The molecule has 2 aliphatic rings. The fourth-order valence-corrected chi connectivity index (χ4v) is 3.88. The number of anilines is 1. The second-order valence-electron chi connectivity index (χ2n) is 7.01. The number of fused-ring (bicyclic) bond motifs is 2. The highest BCUT2D eigenvalue weighted by Crippen LogP contribution is 2.26. The van der Waals surface area contributed by atoms with Crippen LogP contribution in [0.5, 0.6) is 0 Å². The first kappa shape index (κ1) is 16.5. The molecule has 4 heterocycles. The molecule has 0 radical (unpaired) electrons. The molecule has 0 saturated heterocycles. The van der Waals surface area contributed by atoms with Crippen LogP contribution in [-0.2, 0) is 13.0 Å². The molecule has 3 aromatic rings. The molecule has 8 heteroatoms. The number of nitrogens with zero attached hydrogens (tertiary/aromatic N) is 3. The molecule has 28 heavy (non-hydrogen) atoms. The smallest absolute Gasteiger partial charge is 0.262 e. The zero-order chi connectivity index (χ0) is 19.4. The van der Waals surface area contributed by atoms with Gasteiger partial charge in [0.2, 0.25) is 0 Å². The highest BCUT2D eigenvalue weighted by atomic mass is 16.2. The lowest BCUT2D eigenvalue weighted by molar-refractivity contribution is 0.0880. The van der Waals surface area contributed by atoms with Gasteiger partial charge < -0.3 is 10.3 Å². The predicted molar refractivity (Wildman–Crippen MR) is 102 cm³/mol. The predicted octanol–water partition coefficient (Wildman–Crippen LogP) is 1.50. The number of rotatable bonds is 2. The van der Waals surface area contributed by atoms with E-state index < -0.39 is 17.4 Å². The Hall–Kier alpha value is -3.68. The van der Waals surface area contributed by atoms with Crippen molar-refractivity contribution >= 4 is 17.6 Å². The van der Waals surface area contributed by atoms with E-state index in [-0.39, 0.29) is 16.9 Å². The second-order valence-corrected chi connectivity index (χ2v) is 7.01. The number of pyridine rings is 1. The molecule has 0 atom stereocenters. The van der Waals surface area contributed by atoms with Crippen LogP contribution in [0.4, 0.5) is 5.82 Å². The minimum Gasteiger partial charge on any atom is -0.384 e. The number of nitrogens with one attached hydrogen (secondary N) is 1. The quantitative estimate of drug-likeness (QED) is 0.659. The lowest BCUT2D eigenvalue weighted by Gasteiger charge is -2.12. The van der Waals surface area contributed by atoms with Gasteiger partial charge in [0.05, 0.1) is 22.5 Å². The molecule has 0 spiro atoms. The lowest BCUT2D eigenvalue weighted by Crippen LogP contribution is -2.24. The number of nitrogen functional groups attached to an aromatic ring is 1. The molecule has 5 rings (SSSR count). The fourth-order valence-electron chi connectivity index (χ4n) is 3.88. The van der Waals surface area contributed by atoms with E-state index in [1.54, 1.807) is 12.1 Å². The Morgan fingerprint density at radius 3 is 2.57 bits per heavy atom. The standard InChI is InChI=1S/C20H17N5O3/c21-18-17-13(19(27)23-20(17)28)9-16(26)25(18)12-6-4-11(5-7-12)14-10-24-8-2-1-3-15(24)22-14/h4-7,9-10H,1-3,8,21H2,(H,23,27,28). The maximum Gasteiger partial charge on any atom is 0.262 e. The summed E-state index contributed by atoms with van der Waals surface area (Å²) in [4.78, 5) is 41.0. The number of imidazole rings is 1. The number of hydrogen-bond acceptors (Lipinski definition) is 5. The number of carbonyl (C=O) groups is 2. The van der Waals surface area contributed by atoms with Crippen LogP contribution >= 0.6 is 0 Å². The van der Waals surface area contributed by atoms with Crippen LogP contribution in [0.3, 0.4) is 0 Å². The summed E-state index contributed by atoms with van der Waals surface area (Å²) in [5.74, 6) is -0.141. The average molecular weight is 375 g/mol. The topological polar surface area (TPSA) is 112 Å². The van der Waals surface area contributed by atoms with Crippen molar-refractivity contribution in [3.05, 3.63) is 63.8 Å². The molecule has 0 bridgehead atoms. The minimum atomic E-state index is -0.602. The van der Waals surface area contributed by atoms with Crippen molar-refractivity contribution in [1.82, 2.24) is 19.4 Å². The molecule has 0 fully saturated rings. The molecule has 2 amide bonds. The minimum absolute atomic E-state index is 0.0176. The molecule has 0 saturated carbocycles. The van der Waals surface area contributed by atoms with Crippen molar-refractivity contribution in [2.75, 3.05) is 5.73 Å². The van der Waals surface area contributed by atoms with E-state index in [2.05, 4.69) is 16.1 Å². The first-order valence-electron chi connectivity index (χ1n) is 9.11. The normalized spacial score (nSPS) is 15.3. The molecule has 2 aromatic heterocycles. The van der Waals surface area contributed by atoms with Gasteiger partial charge in [0.15, 0.2) is 0 Å². The SMILES string of the molecule is Nc1c2c(cc(=O)n1-c1ccc(-c3cn4c(n3)CCCC4)cc1)C(=O)NC2=O. The summed E-state index contributed by atoms with van der Waals surface area (Å²) in [7, 11) is 0. The third kappa shape index (κ3) is 2.38. The van der Waals surface area contributed by atoms with Gasteiger partial charge in [-0.2, -0.15) is 0 Å². The zero-order valence-electron chi connectivity index (χ0n) is 14.9. The van der Waals surface area contributed by atoms with Crippen molar-refractivity contribution in [2.24, 2.45) is 0 Å². The molecule has 1 aromatic carbocycles. The van der Waals surface area contributed by atoms with E-state index in [4.69, 9.17) is 10.7 Å². The maximum atomic E-state index is 12.5. The van der Waals surface area contributed by atoms with E-state index >= 15 is 0 Å². The molecule has 0 unspecified atom stereocenters. The van der Waals surface area contributed by atoms with E-state index in [0.29, 0.717) is 5.69 Å². The molecular formula is C20H17N5O3. The van der Waals surface area contributed by atoms with Crippen LogP contribution in [0, 0.1) is 0 Å². The van der Waals surface area contributed by atoms with E-state index in [0.717, 1.165) is 42.5 Å². The van der Waals surface area contributed by atoms with E-state index in [9.17, 15) is 14.4 Å². The summed E-state index contributed by atoms with van der Waals surface area (Å²) in [6.07, 6.45) is 5.36. The number of amides is 2. The van der Waals surface area contributed by atoms with Crippen molar-refractivity contribution < 1.29 is 9.59 Å². The first-order chi connectivity index (χ1) is 13.5. The Kier molecular flexibility index (Phi) is 3.48. The first-order valence-corrected chi connectivity index (χ1v) is 9.11. The van der Waals surface area contributed by atoms with Crippen LogP contribution < -0.4 is 16.6 Å². The maximum absolute atomic E-state index is 12.5. The molecule has 8 nitrogen and oxygen atoms in total. The number of benzene rings is 1. The largest absolute Gasteiger partial charge is 0.384 e. The molecule has 3 N–H and O–H groups in total. The van der Waals surface area contributed by atoms with Gasteiger partial charge in [-0.25, -0.2) is 4.98 Å². The van der Waals surface area contributed by atoms with Gasteiger partial charge in [0, 0.05) is 30.8 Å². The zero-order valence-corrected chi connectivity index (χ0v) is 14.9. The summed E-state index contributed by atoms with van der Waals surface area (Å²) < 4.78 is 3.42. The van der Waals surface area contributed by atoms with Crippen LogP contribution in [0.2, 0.25) is 0 Å². The number of aromatic nitrogens is 3. The number of carbonyl (C=O) groups excluding carboxylic acids is 2. The monoisotopic (exact) mass is 375 g/mol. The Bertz CT molecular complexity index is 1180. The number of imide groups is 1. The van der Waals surface area contributed by atoms with E-state index in [1.165, 1.54) is 11.0 Å².